The molecular formula is C13H6F3N3O2. The molecule has 106 valence electrons. The van der Waals surface area contributed by atoms with E-state index < -0.39 is 23.4 Å². The van der Waals surface area contributed by atoms with Gasteiger partial charge in [-0.1, -0.05) is 5.21 Å². The van der Waals surface area contributed by atoms with Gasteiger partial charge in [0, 0.05) is 12.1 Å². The van der Waals surface area contributed by atoms with Crippen molar-refractivity contribution in [1.82, 2.24) is 15.0 Å². The number of aromatic carboxylic acids is 1. The van der Waals surface area contributed by atoms with E-state index in [1.54, 1.807) is 0 Å². The molecule has 0 fully saturated rings. The lowest BCUT2D eigenvalue weighted by Crippen LogP contribution is -2.03. The zero-order valence-electron chi connectivity index (χ0n) is 10.2. The van der Waals surface area contributed by atoms with Crippen LogP contribution in [-0.2, 0) is 0 Å². The summed E-state index contributed by atoms with van der Waals surface area (Å²) in [6.45, 7) is 0. The van der Waals surface area contributed by atoms with Crippen LogP contribution in [0.4, 0.5) is 13.2 Å². The smallest absolute Gasteiger partial charge is 0.335 e. The average molecular weight is 293 g/mol. The van der Waals surface area contributed by atoms with E-state index in [-0.39, 0.29) is 16.8 Å². The Morgan fingerprint density at radius 1 is 1.05 bits per heavy atom. The topological polar surface area (TPSA) is 68.0 Å². The highest BCUT2D eigenvalue weighted by Crippen LogP contribution is 2.22. The Hall–Kier alpha value is -2.90. The Morgan fingerprint density at radius 2 is 1.76 bits per heavy atom. The Morgan fingerprint density at radius 3 is 2.48 bits per heavy atom. The molecule has 0 unspecified atom stereocenters. The van der Waals surface area contributed by atoms with Crippen molar-refractivity contribution in [3.8, 4) is 5.69 Å². The van der Waals surface area contributed by atoms with Gasteiger partial charge < -0.3 is 5.11 Å². The third-order valence-corrected chi connectivity index (χ3v) is 2.91. The fourth-order valence-electron chi connectivity index (χ4n) is 1.90. The number of halogens is 3. The first kappa shape index (κ1) is 13.1. The Kier molecular flexibility index (Phi) is 2.86. The predicted octanol–water partition coefficient (Wildman–Crippen LogP) is 2.54. The summed E-state index contributed by atoms with van der Waals surface area (Å²) in [6.07, 6.45) is 0. The molecule has 3 rings (SSSR count). The van der Waals surface area contributed by atoms with Gasteiger partial charge in [0.1, 0.15) is 11.2 Å². The van der Waals surface area contributed by atoms with Gasteiger partial charge in [-0.3, -0.25) is 0 Å². The van der Waals surface area contributed by atoms with Crippen LogP contribution in [0.5, 0.6) is 0 Å². The fraction of sp³-hybridized carbons (Fsp3) is 0. The largest absolute Gasteiger partial charge is 0.478 e. The van der Waals surface area contributed by atoms with Gasteiger partial charge >= 0.3 is 5.97 Å². The zero-order chi connectivity index (χ0) is 15.1. The van der Waals surface area contributed by atoms with Crippen molar-refractivity contribution in [2.24, 2.45) is 0 Å². The zero-order valence-corrected chi connectivity index (χ0v) is 10.2. The molecule has 3 aromatic rings. The molecule has 2 aromatic carbocycles. The molecule has 0 bridgehead atoms. The second-order valence-electron chi connectivity index (χ2n) is 4.23. The van der Waals surface area contributed by atoms with E-state index in [0.29, 0.717) is 17.6 Å². The number of aromatic nitrogens is 3. The van der Waals surface area contributed by atoms with Crippen molar-refractivity contribution >= 4 is 17.0 Å². The lowest BCUT2D eigenvalue weighted by Gasteiger charge is -2.05. The van der Waals surface area contributed by atoms with Gasteiger partial charge in [-0.25, -0.2) is 22.6 Å². The van der Waals surface area contributed by atoms with Gasteiger partial charge in [0.25, 0.3) is 0 Å². The normalized spacial score (nSPS) is 11.0. The predicted molar refractivity (Wildman–Crippen MR) is 65.7 cm³/mol. The molecule has 1 heterocycles. The number of benzene rings is 2. The number of carboxylic acids is 1. The summed E-state index contributed by atoms with van der Waals surface area (Å²) in [7, 11) is 0. The van der Waals surface area contributed by atoms with Crippen LogP contribution >= 0.6 is 0 Å². The van der Waals surface area contributed by atoms with Crippen molar-refractivity contribution in [2.45, 2.75) is 0 Å². The number of carbonyl (C=O) groups is 1. The van der Waals surface area contributed by atoms with E-state index in [1.165, 1.54) is 18.2 Å². The molecule has 1 aromatic heterocycles. The summed E-state index contributed by atoms with van der Waals surface area (Å²) in [5.41, 5.74) is 0.0388. The number of fused-ring (bicyclic) bond motifs is 1. The SMILES string of the molecule is O=C(O)c1ccc2nnn(-c3cc(F)c(F)cc3F)c2c1. The van der Waals surface area contributed by atoms with Gasteiger partial charge in [0.2, 0.25) is 0 Å². The third-order valence-electron chi connectivity index (χ3n) is 2.91. The summed E-state index contributed by atoms with van der Waals surface area (Å²) in [5, 5.41) is 16.3. The molecule has 8 heteroatoms. The van der Waals surface area contributed by atoms with Crippen LogP contribution in [0.15, 0.2) is 30.3 Å². The van der Waals surface area contributed by atoms with Crippen molar-refractivity contribution in [3.05, 3.63) is 53.3 Å². The molecule has 0 saturated carbocycles. The van der Waals surface area contributed by atoms with Gasteiger partial charge in [0.15, 0.2) is 17.5 Å². The maximum Gasteiger partial charge on any atom is 0.335 e. The summed E-state index contributed by atoms with van der Waals surface area (Å²) < 4.78 is 40.9. The highest BCUT2D eigenvalue weighted by Gasteiger charge is 2.16. The van der Waals surface area contributed by atoms with E-state index >= 15 is 0 Å². The average Bonchev–Trinajstić information content (AvgIpc) is 2.85. The van der Waals surface area contributed by atoms with Crippen LogP contribution in [0, 0.1) is 17.5 Å². The number of hydrogen-bond acceptors (Lipinski definition) is 3. The molecule has 0 amide bonds. The van der Waals surface area contributed by atoms with E-state index in [1.807, 2.05) is 0 Å². The molecule has 0 spiro atoms. The van der Waals surface area contributed by atoms with Crippen LogP contribution in [0.3, 0.4) is 0 Å². The molecule has 0 aliphatic heterocycles. The van der Waals surface area contributed by atoms with Crippen LogP contribution in [-0.4, -0.2) is 26.1 Å². The monoisotopic (exact) mass is 293 g/mol. The van der Waals surface area contributed by atoms with Crippen LogP contribution in [0.25, 0.3) is 16.7 Å². The number of nitrogens with zero attached hydrogens (tertiary/aromatic N) is 3. The summed E-state index contributed by atoms with van der Waals surface area (Å²) in [4.78, 5) is 10.9. The number of rotatable bonds is 2. The van der Waals surface area contributed by atoms with E-state index in [9.17, 15) is 18.0 Å². The summed E-state index contributed by atoms with van der Waals surface area (Å²) >= 11 is 0. The molecule has 0 aliphatic rings. The molecular weight excluding hydrogens is 287 g/mol. The molecule has 0 saturated heterocycles. The molecule has 0 atom stereocenters. The van der Waals surface area contributed by atoms with E-state index in [2.05, 4.69) is 10.3 Å². The quantitative estimate of drug-likeness (QED) is 0.737. The lowest BCUT2D eigenvalue weighted by molar-refractivity contribution is 0.0697. The minimum atomic E-state index is -1.33. The first-order valence-electron chi connectivity index (χ1n) is 5.71. The van der Waals surface area contributed by atoms with E-state index in [0.717, 1.165) is 4.68 Å². The summed E-state index contributed by atoms with van der Waals surface area (Å²) in [6, 6.07) is 4.94. The molecule has 0 aliphatic carbocycles. The van der Waals surface area contributed by atoms with Gasteiger partial charge in [-0.05, 0) is 18.2 Å². The molecule has 21 heavy (non-hydrogen) atoms. The summed E-state index contributed by atoms with van der Waals surface area (Å²) in [5.74, 6) is -4.80. The highest BCUT2D eigenvalue weighted by molar-refractivity contribution is 5.92. The maximum atomic E-state index is 13.8. The first-order chi connectivity index (χ1) is 9.97. The Balaban J connectivity index is 2.27. The highest BCUT2D eigenvalue weighted by atomic mass is 19.2. The van der Waals surface area contributed by atoms with Crippen molar-refractivity contribution < 1.29 is 23.1 Å². The van der Waals surface area contributed by atoms with Crippen molar-refractivity contribution in [2.75, 3.05) is 0 Å². The lowest BCUT2D eigenvalue weighted by atomic mass is 10.2. The van der Waals surface area contributed by atoms with Crippen molar-refractivity contribution in [1.29, 1.82) is 0 Å². The van der Waals surface area contributed by atoms with Crippen LogP contribution in [0.1, 0.15) is 10.4 Å². The van der Waals surface area contributed by atoms with Gasteiger partial charge in [-0.15, -0.1) is 5.10 Å². The molecule has 1 N–H and O–H groups in total. The fourth-order valence-corrected chi connectivity index (χ4v) is 1.90. The Bertz CT molecular complexity index is 876. The number of hydrogen-bond donors (Lipinski definition) is 1. The van der Waals surface area contributed by atoms with Crippen LogP contribution in [0.2, 0.25) is 0 Å². The Labute approximate surface area is 115 Å². The minimum Gasteiger partial charge on any atom is -0.478 e. The second kappa shape index (κ2) is 4.58. The third kappa shape index (κ3) is 2.10. The van der Waals surface area contributed by atoms with E-state index in [4.69, 9.17) is 5.11 Å². The molecule has 5 nitrogen and oxygen atoms in total. The van der Waals surface area contributed by atoms with Crippen LogP contribution < -0.4 is 0 Å². The second-order valence-corrected chi connectivity index (χ2v) is 4.23. The minimum absolute atomic E-state index is 0.0611. The maximum absolute atomic E-state index is 13.8. The van der Waals surface area contributed by atoms with Gasteiger partial charge in [-0.2, -0.15) is 0 Å². The molecule has 0 radical (unpaired) electrons. The standard InChI is InChI=1S/C13H6F3N3O2/c14-7-4-9(16)11(5-8(7)15)19-12-3-6(13(20)21)1-2-10(12)17-18-19/h1-5H,(H,20,21). The van der Waals surface area contributed by atoms with Gasteiger partial charge in [0.05, 0.1) is 11.1 Å². The first-order valence-corrected chi connectivity index (χ1v) is 5.71. The van der Waals surface area contributed by atoms with Crippen molar-refractivity contribution in [3.63, 3.8) is 0 Å². The number of carboxylic acid groups (broad SMARTS) is 1.